The van der Waals surface area contributed by atoms with E-state index >= 15 is 0 Å². The molecule has 0 aromatic heterocycles. The van der Waals surface area contributed by atoms with Crippen LogP contribution in [0.4, 0.5) is 0 Å². The maximum atomic E-state index is 13.0. The van der Waals surface area contributed by atoms with Crippen LogP contribution in [0.2, 0.25) is 0 Å². The summed E-state index contributed by atoms with van der Waals surface area (Å²) >= 11 is 0. The summed E-state index contributed by atoms with van der Waals surface area (Å²) in [6.07, 6.45) is -4.06. The van der Waals surface area contributed by atoms with Gasteiger partial charge in [-0.05, 0) is 43.5 Å². The fraction of sp³-hybridized carbons (Fsp3) is 0.720. The quantitative estimate of drug-likeness (QED) is 0.375. The Kier molecular flexibility index (Phi) is 6.92. The van der Waals surface area contributed by atoms with E-state index in [1.807, 2.05) is 32.0 Å². The Hall–Kier alpha value is -1.63. The van der Waals surface area contributed by atoms with Crippen molar-refractivity contribution in [2.45, 2.75) is 101 Å². The van der Waals surface area contributed by atoms with Crippen LogP contribution in [0.5, 0.6) is 0 Å². The Morgan fingerprint density at radius 1 is 1.14 bits per heavy atom. The van der Waals surface area contributed by atoms with Gasteiger partial charge in [0, 0.05) is 5.92 Å². The standard InChI is InChI=1S/C25H36N2O8/c1-4-16-20(29)19(26-3)22-23(21(16)30)34-24-25(31,35-22)17(7-12(2)33-24)27-18(28)9-13-5-6-14-10-32-11-15(14)8-13/h5-6,8,12,16-17,19-24,26,29-31H,4,7,9-11H2,1-3H3,(H,27,28)/t12-,16-,17-,19+,20+,21-,22?,23?,24?,25+/m1/s1. The van der Waals surface area contributed by atoms with Crippen LogP contribution in [-0.2, 0) is 43.4 Å². The molecule has 0 spiro atoms. The molecule has 3 heterocycles. The van der Waals surface area contributed by atoms with Gasteiger partial charge >= 0.3 is 0 Å². The van der Waals surface area contributed by atoms with Crippen LogP contribution in [-0.4, -0.2) is 83.0 Å². The second-order valence-electron chi connectivity index (χ2n) is 10.2. The number of hydrogen-bond acceptors (Lipinski definition) is 9. The molecule has 10 atom stereocenters. The van der Waals surface area contributed by atoms with E-state index in [0.29, 0.717) is 26.1 Å². The Labute approximate surface area is 204 Å². The highest BCUT2D eigenvalue weighted by Crippen LogP contribution is 2.43. The summed E-state index contributed by atoms with van der Waals surface area (Å²) in [4.78, 5) is 13.0. The lowest BCUT2D eigenvalue weighted by atomic mass is 9.74. The number of rotatable bonds is 5. The van der Waals surface area contributed by atoms with Gasteiger partial charge in [0.2, 0.25) is 18.0 Å². The third kappa shape index (κ3) is 4.40. The Morgan fingerprint density at radius 2 is 1.91 bits per heavy atom. The Balaban J connectivity index is 1.34. The van der Waals surface area contributed by atoms with Crippen LogP contribution in [0.15, 0.2) is 18.2 Å². The molecule has 0 radical (unpaired) electrons. The van der Waals surface area contributed by atoms with Gasteiger partial charge in [-0.3, -0.25) is 4.79 Å². The number of carbonyl (C=O) groups is 1. The predicted octanol–water partition coefficient (Wildman–Crippen LogP) is -0.299. The van der Waals surface area contributed by atoms with Crippen molar-refractivity contribution < 1.29 is 39.1 Å². The number of ether oxygens (including phenoxy) is 4. The van der Waals surface area contributed by atoms with Gasteiger partial charge < -0.3 is 44.9 Å². The molecule has 1 amide bonds. The van der Waals surface area contributed by atoms with E-state index in [1.54, 1.807) is 7.05 Å². The summed E-state index contributed by atoms with van der Waals surface area (Å²) < 4.78 is 23.6. The third-order valence-corrected chi connectivity index (χ3v) is 7.92. The Morgan fingerprint density at radius 3 is 2.66 bits per heavy atom. The number of fused-ring (bicyclic) bond motifs is 3. The topological polar surface area (TPSA) is 139 Å². The molecule has 1 aliphatic carbocycles. The van der Waals surface area contributed by atoms with Gasteiger partial charge in [-0.15, -0.1) is 0 Å². The van der Waals surface area contributed by atoms with Crippen molar-refractivity contribution in [3.05, 3.63) is 34.9 Å². The van der Waals surface area contributed by atoms with Crippen molar-refractivity contribution in [1.29, 1.82) is 0 Å². The first-order chi connectivity index (χ1) is 16.7. The first-order valence-electron chi connectivity index (χ1n) is 12.5. The SMILES string of the molecule is CC[C@@H]1[C@H](O)[C@H](NC)C2O[C@]3(O)C(OC2[C@@H]1O)O[C@H](C)C[C@H]3NC(=O)Cc1ccc2c(c1)COC2. The summed E-state index contributed by atoms with van der Waals surface area (Å²) in [6, 6.07) is 4.48. The molecule has 194 valence electrons. The zero-order chi connectivity index (χ0) is 24.9. The van der Waals surface area contributed by atoms with Crippen molar-refractivity contribution in [3.8, 4) is 0 Å². The lowest BCUT2D eigenvalue weighted by Crippen LogP contribution is -2.77. The van der Waals surface area contributed by atoms with E-state index in [2.05, 4.69) is 10.6 Å². The molecule has 1 aromatic carbocycles. The molecule has 5 rings (SSSR count). The largest absolute Gasteiger partial charge is 0.391 e. The van der Waals surface area contributed by atoms with Crippen LogP contribution in [0, 0.1) is 5.92 Å². The number of aliphatic hydroxyl groups is 3. The molecule has 3 aliphatic heterocycles. The number of benzene rings is 1. The number of likely N-dealkylation sites (N-methyl/N-ethyl adjacent to an activating group) is 1. The molecule has 3 unspecified atom stereocenters. The van der Waals surface area contributed by atoms with Crippen LogP contribution in [0.25, 0.3) is 0 Å². The number of amides is 1. The van der Waals surface area contributed by atoms with E-state index in [4.69, 9.17) is 18.9 Å². The maximum Gasteiger partial charge on any atom is 0.239 e. The van der Waals surface area contributed by atoms with Crippen molar-refractivity contribution in [2.24, 2.45) is 5.92 Å². The molecule has 35 heavy (non-hydrogen) atoms. The second-order valence-corrected chi connectivity index (χ2v) is 10.2. The highest BCUT2D eigenvalue weighted by molar-refractivity contribution is 5.79. The monoisotopic (exact) mass is 492 g/mol. The van der Waals surface area contributed by atoms with E-state index < -0.39 is 54.5 Å². The zero-order valence-electron chi connectivity index (χ0n) is 20.3. The fourth-order valence-electron chi connectivity index (χ4n) is 6.01. The lowest BCUT2D eigenvalue weighted by molar-refractivity contribution is -0.450. The first kappa shape index (κ1) is 25.0. The lowest BCUT2D eigenvalue weighted by Gasteiger charge is -2.58. The summed E-state index contributed by atoms with van der Waals surface area (Å²) in [5, 5.41) is 39.4. The van der Waals surface area contributed by atoms with Crippen molar-refractivity contribution in [2.75, 3.05) is 7.05 Å². The van der Waals surface area contributed by atoms with Gasteiger partial charge in [-0.1, -0.05) is 25.1 Å². The summed E-state index contributed by atoms with van der Waals surface area (Å²) in [7, 11) is 1.69. The second kappa shape index (κ2) is 9.68. The number of hydrogen-bond donors (Lipinski definition) is 5. The van der Waals surface area contributed by atoms with Crippen molar-refractivity contribution in [3.63, 3.8) is 0 Å². The predicted molar refractivity (Wildman–Crippen MR) is 123 cm³/mol. The minimum absolute atomic E-state index is 0.140. The highest BCUT2D eigenvalue weighted by atomic mass is 16.8. The fourth-order valence-corrected chi connectivity index (χ4v) is 6.01. The first-order valence-corrected chi connectivity index (χ1v) is 12.5. The number of aliphatic hydroxyl groups excluding tert-OH is 2. The average Bonchev–Trinajstić information content (AvgIpc) is 3.28. The van der Waals surface area contributed by atoms with Crippen LogP contribution in [0.3, 0.4) is 0 Å². The van der Waals surface area contributed by atoms with E-state index in [1.165, 1.54) is 0 Å². The summed E-state index contributed by atoms with van der Waals surface area (Å²) in [5.41, 5.74) is 3.07. The van der Waals surface area contributed by atoms with Gasteiger partial charge in [0.05, 0.1) is 50.0 Å². The average molecular weight is 493 g/mol. The van der Waals surface area contributed by atoms with E-state index in [-0.39, 0.29) is 18.4 Å². The molecular weight excluding hydrogens is 456 g/mol. The van der Waals surface area contributed by atoms with E-state index in [0.717, 1.165) is 16.7 Å². The normalized spacial score (nSPS) is 42.6. The Bertz CT molecular complexity index is 946. The van der Waals surface area contributed by atoms with Crippen LogP contribution in [0.1, 0.15) is 43.4 Å². The molecule has 1 aromatic rings. The van der Waals surface area contributed by atoms with Gasteiger partial charge in [0.15, 0.2) is 0 Å². The van der Waals surface area contributed by atoms with Crippen molar-refractivity contribution >= 4 is 5.91 Å². The molecule has 1 saturated carbocycles. The van der Waals surface area contributed by atoms with Gasteiger partial charge in [0.25, 0.3) is 0 Å². The van der Waals surface area contributed by atoms with Gasteiger partial charge in [-0.2, -0.15) is 0 Å². The highest BCUT2D eigenvalue weighted by Gasteiger charge is 2.63. The number of carbonyl (C=O) groups excluding carboxylic acids is 1. The minimum Gasteiger partial charge on any atom is -0.391 e. The molecule has 10 nitrogen and oxygen atoms in total. The summed E-state index contributed by atoms with van der Waals surface area (Å²) in [5.74, 6) is -2.67. The van der Waals surface area contributed by atoms with Crippen molar-refractivity contribution in [1.82, 2.24) is 10.6 Å². The smallest absolute Gasteiger partial charge is 0.239 e. The molecule has 4 aliphatic rings. The van der Waals surface area contributed by atoms with Crippen LogP contribution < -0.4 is 10.6 Å². The van der Waals surface area contributed by atoms with Gasteiger partial charge in [-0.25, -0.2) is 0 Å². The molecule has 3 fully saturated rings. The zero-order valence-corrected chi connectivity index (χ0v) is 20.3. The van der Waals surface area contributed by atoms with Crippen LogP contribution >= 0.6 is 0 Å². The molecule has 2 saturated heterocycles. The number of nitrogens with one attached hydrogen (secondary N) is 2. The molecule has 10 heteroatoms. The maximum absolute atomic E-state index is 13.0. The molecule has 5 N–H and O–H groups in total. The van der Waals surface area contributed by atoms with E-state index in [9.17, 15) is 20.1 Å². The van der Waals surface area contributed by atoms with Gasteiger partial charge in [0.1, 0.15) is 12.2 Å². The minimum atomic E-state index is -1.98. The molecule has 0 bridgehead atoms. The summed E-state index contributed by atoms with van der Waals surface area (Å²) in [6.45, 7) is 4.86. The molecular formula is C25H36N2O8. The third-order valence-electron chi connectivity index (χ3n) is 7.92.